The zero-order valence-corrected chi connectivity index (χ0v) is 12.4. The molecule has 1 unspecified atom stereocenters. The van der Waals surface area contributed by atoms with Gasteiger partial charge in [-0.15, -0.1) is 0 Å². The van der Waals surface area contributed by atoms with Crippen molar-refractivity contribution in [1.29, 1.82) is 0 Å². The monoisotopic (exact) mass is 279 g/mol. The molecule has 0 saturated carbocycles. The highest BCUT2D eigenvalue weighted by Gasteiger charge is 2.23. The highest BCUT2D eigenvalue weighted by atomic mass is 16.1. The first-order chi connectivity index (χ1) is 10.1. The van der Waals surface area contributed by atoms with Crippen LogP contribution in [0.25, 0.3) is 5.52 Å². The van der Waals surface area contributed by atoms with E-state index in [1.807, 2.05) is 41.9 Å². The predicted molar refractivity (Wildman–Crippen MR) is 81.7 cm³/mol. The van der Waals surface area contributed by atoms with Crippen LogP contribution in [0.1, 0.15) is 46.9 Å². The Balaban J connectivity index is 2.28. The fourth-order valence-corrected chi connectivity index (χ4v) is 2.97. The van der Waals surface area contributed by atoms with Crippen LogP contribution in [0.5, 0.6) is 0 Å². The van der Waals surface area contributed by atoms with Crippen LogP contribution >= 0.6 is 0 Å². The lowest BCUT2D eigenvalue weighted by Gasteiger charge is -2.12. The van der Waals surface area contributed by atoms with Crippen LogP contribution in [0, 0.1) is 6.92 Å². The van der Waals surface area contributed by atoms with Crippen molar-refractivity contribution in [1.82, 2.24) is 14.6 Å². The molecule has 106 valence electrons. The van der Waals surface area contributed by atoms with Crippen molar-refractivity contribution in [2.45, 2.75) is 26.7 Å². The molecule has 1 atom stereocenters. The van der Waals surface area contributed by atoms with Crippen molar-refractivity contribution >= 4 is 11.3 Å². The molecular formula is C17H17N3O. The first-order valence-electron chi connectivity index (χ1n) is 6.98. The lowest BCUT2D eigenvalue weighted by Crippen LogP contribution is -2.04. The third kappa shape index (κ3) is 2.13. The zero-order chi connectivity index (χ0) is 15.0. The predicted octanol–water partition coefficient (Wildman–Crippen LogP) is 3.39. The number of hydrogen-bond acceptors (Lipinski definition) is 3. The van der Waals surface area contributed by atoms with Gasteiger partial charge in [-0.05, 0) is 43.2 Å². The second kappa shape index (κ2) is 5.13. The largest absolute Gasteiger partial charge is 0.294 e. The smallest absolute Gasteiger partial charge is 0.162 e. The van der Waals surface area contributed by atoms with Gasteiger partial charge >= 0.3 is 0 Å². The Labute approximate surface area is 123 Å². The minimum atomic E-state index is 0.0719. The molecule has 0 saturated heterocycles. The minimum absolute atomic E-state index is 0.0719. The molecule has 0 radical (unpaired) electrons. The quantitative estimate of drug-likeness (QED) is 0.690. The Morgan fingerprint density at radius 3 is 2.67 bits per heavy atom. The summed E-state index contributed by atoms with van der Waals surface area (Å²) in [6, 6.07) is 7.78. The van der Waals surface area contributed by atoms with Crippen LogP contribution in [0.4, 0.5) is 0 Å². The number of hydrogen-bond donors (Lipinski definition) is 0. The van der Waals surface area contributed by atoms with Gasteiger partial charge in [0.15, 0.2) is 5.78 Å². The third-order valence-electron chi connectivity index (χ3n) is 3.94. The van der Waals surface area contributed by atoms with Crippen molar-refractivity contribution in [2.24, 2.45) is 0 Å². The van der Waals surface area contributed by atoms with E-state index >= 15 is 0 Å². The highest BCUT2D eigenvalue weighted by molar-refractivity contribution is 6.03. The lowest BCUT2D eigenvalue weighted by molar-refractivity contribution is 0.101. The Kier molecular flexibility index (Phi) is 3.29. The lowest BCUT2D eigenvalue weighted by atomic mass is 9.95. The topological polar surface area (TPSA) is 47.3 Å². The average molecular weight is 279 g/mol. The maximum absolute atomic E-state index is 12.0. The van der Waals surface area contributed by atoms with Crippen molar-refractivity contribution in [3.05, 3.63) is 65.2 Å². The fraction of sp³-hybridized carbons (Fsp3) is 0.235. The minimum Gasteiger partial charge on any atom is -0.294 e. The standard InChI is InChI=1S/C17H17N3O/c1-11(14-6-4-8-18-10-14)17-12(2)16(13(3)21)15-7-5-9-19-20(15)17/h4-11H,1-3H3. The molecular weight excluding hydrogens is 262 g/mol. The van der Waals surface area contributed by atoms with E-state index in [9.17, 15) is 4.79 Å². The summed E-state index contributed by atoms with van der Waals surface area (Å²) in [6.45, 7) is 5.71. The number of ketones is 1. The Morgan fingerprint density at radius 2 is 2.00 bits per heavy atom. The zero-order valence-electron chi connectivity index (χ0n) is 12.4. The first-order valence-corrected chi connectivity index (χ1v) is 6.98. The van der Waals surface area contributed by atoms with E-state index in [0.29, 0.717) is 0 Å². The molecule has 21 heavy (non-hydrogen) atoms. The van der Waals surface area contributed by atoms with Crippen LogP contribution in [-0.2, 0) is 0 Å². The van der Waals surface area contributed by atoms with Crippen molar-refractivity contribution in [2.75, 3.05) is 0 Å². The van der Waals surface area contributed by atoms with E-state index < -0.39 is 0 Å². The maximum atomic E-state index is 12.0. The van der Waals surface area contributed by atoms with Crippen LogP contribution in [0.2, 0.25) is 0 Å². The molecule has 0 N–H and O–H groups in total. The average Bonchev–Trinajstić information content (AvgIpc) is 2.79. The van der Waals surface area contributed by atoms with Gasteiger partial charge < -0.3 is 0 Å². The molecule has 3 rings (SSSR count). The Morgan fingerprint density at radius 1 is 1.24 bits per heavy atom. The molecule has 3 aromatic rings. The van der Waals surface area contributed by atoms with Crippen LogP contribution in [-0.4, -0.2) is 20.4 Å². The molecule has 4 heteroatoms. The molecule has 0 fully saturated rings. The van der Waals surface area contributed by atoms with Gasteiger partial charge in [-0.2, -0.15) is 5.10 Å². The summed E-state index contributed by atoms with van der Waals surface area (Å²) in [5.74, 6) is 0.192. The molecule has 3 aromatic heterocycles. The molecule has 0 aliphatic carbocycles. The second-order valence-corrected chi connectivity index (χ2v) is 5.27. The molecule has 0 amide bonds. The highest BCUT2D eigenvalue weighted by Crippen LogP contribution is 2.31. The summed E-state index contributed by atoms with van der Waals surface area (Å²) in [7, 11) is 0. The SMILES string of the molecule is CC(=O)c1c(C)c(C(C)c2cccnc2)n2ncccc12. The van der Waals surface area contributed by atoms with E-state index in [1.165, 1.54) is 0 Å². The van der Waals surface area contributed by atoms with Crippen molar-refractivity contribution in [3.8, 4) is 0 Å². The molecule has 0 aromatic carbocycles. The first kappa shape index (κ1) is 13.5. The molecule has 0 bridgehead atoms. The Bertz CT molecular complexity index is 806. The fourth-order valence-electron chi connectivity index (χ4n) is 2.97. The van der Waals surface area contributed by atoms with Gasteiger partial charge in [-0.1, -0.05) is 13.0 Å². The number of carbonyl (C=O) groups is 1. The van der Waals surface area contributed by atoms with Gasteiger partial charge in [0.2, 0.25) is 0 Å². The van der Waals surface area contributed by atoms with Gasteiger partial charge in [0, 0.05) is 30.1 Å². The van der Waals surface area contributed by atoms with E-state index in [1.54, 1.807) is 19.3 Å². The third-order valence-corrected chi connectivity index (χ3v) is 3.94. The number of aromatic nitrogens is 3. The Hall–Kier alpha value is -2.49. The number of carbonyl (C=O) groups excluding carboxylic acids is 1. The van der Waals surface area contributed by atoms with Crippen LogP contribution < -0.4 is 0 Å². The van der Waals surface area contributed by atoms with Crippen molar-refractivity contribution < 1.29 is 4.79 Å². The van der Waals surface area contributed by atoms with Gasteiger partial charge in [-0.25, -0.2) is 4.52 Å². The summed E-state index contributed by atoms with van der Waals surface area (Å²) in [4.78, 5) is 16.2. The van der Waals surface area contributed by atoms with Crippen molar-refractivity contribution in [3.63, 3.8) is 0 Å². The summed E-state index contributed by atoms with van der Waals surface area (Å²) in [6.07, 6.45) is 5.37. The molecule has 4 nitrogen and oxygen atoms in total. The van der Waals surface area contributed by atoms with Gasteiger partial charge in [0.05, 0.1) is 11.2 Å². The van der Waals surface area contributed by atoms with E-state index in [0.717, 1.165) is 27.9 Å². The normalized spacial score (nSPS) is 12.5. The number of Topliss-reactive ketones (excluding diaryl/α,β-unsaturated/α-hetero) is 1. The summed E-state index contributed by atoms with van der Waals surface area (Å²) in [5.41, 5.74) is 4.78. The number of rotatable bonds is 3. The summed E-state index contributed by atoms with van der Waals surface area (Å²) < 4.78 is 1.88. The second-order valence-electron chi connectivity index (χ2n) is 5.27. The van der Waals surface area contributed by atoms with E-state index in [-0.39, 0.29) is 11.7 Å². The van der Waals surface area contributed by atoms with Gasteiger partial charge in [0.25, 0.3) is 0 Å². The maximum Gasteiger partial charge on any atom is 0.162 e. The number of pyridine rings is 1. The summed E-state index contributed by atoms with van der Waals surface area (Å²) >= 11 is 0. The molecule has 0 aliphatic heterocycles. The molecule has 3 heterocycles. The molecule has 0 aliphatic rings. The number of fused-ring (bicyclic) bond motifs is 1. The molecule has 0 spiro atoms. The van der Waals surface area contributed by atoms with E-state index in [4.69, 9.17) is 0 Å². The summed E-state index contributed by atoms with van der Waals surface area (Å²) in [5, 5.41) is 4.44. The van der Waals surface area contributed by atoms with E-state index in [2.05, 4.69) is 17.0 Å². The van der Waals surface area contributed by atoms with Gasteiger partial charge in [0.1, 0.15) is 0 Å². The van der Waals surface area contributed by atoms with Crippen LogP contribution in [0.15, 0.2) is 42.9 Å². The number of nitrogens with zero attached hydrogens (tertiary/aromatic N) is 3. The van der Waals surface area contributed by atoms with Crippen LogP contribution in [0.3, 0.4) is 0 Å². The van der Waals surface area contributed by atoms with Gasteiger partial charge in [-0.3, -0.25) is 9.78 Å².